The summed E-state index contributed by atoms with van der Waals surface area (Å²) in [5, 5.41) is 0.574. The quantitative estimate of drug-likeness (QED) is 0.354. The van der Waals surface area contributed by atoms with Crippen LogP contribution in [0.3, 0.4) is 0 Å². The Hall–Kier alpha value is -0.970. The fourth-order valence-electron chi connectivity index (χ4n) is 0.391. The highest BCUT2D eigenvalue weighted by molar-refractivity contribution is 8.14. The summed E-state index contributed by atoms with van der Waals surface area (Å²) in [5.74, 6) is 0.783. The summed E-state index contributed by atoms with van der Waals surface area (Å²) < 4.78 is 0. The zero-order chi connectivity index (χ0) is 8.69. The second-order valence-corrected chi connectivity index (χ2v) is 2.63. The Balaban J connectivity index is 3.98. The third kappa shape index (κ3) is 5.47. The normalized spacial score (nSPS) is 10.8. The van der Waals surface area contributed by atoms with Crippen LogP contribution in [0.1, 0.15) is 0 Å². The first-order valence-corrected chi connectivity index (χ1v) is 3.99. The predicted octanol–water partition coefficient (Wildman–Crippen LogP) is 0.165. The largest absolute Gasteiger partial charge is 0.370 e. The predicted molar refractivity (Wildman–Crippen MR) is 51.8 cm³/mol. The maximum atomic E-state index is 5.15. The van der Waals surface area contributed by atoms with E-state index in [1.807, 2.05) is 0 Å². The number of hydrogen-bond acceptors (Lipinski definition) is 2. The maximum absolute atomic E-state index is 5.15. The van der Waals surface area contributed by atoms with E-state index in [0.717, 1.165) is 5.75 Å². The Kier molecular flexibility index (Phi) is 5.28. The highest BCUT2D eigenvalue weighted by atomic mass is 32.2. The Labute approximate surface area is 70.5 Å². The Morgan fingerprint density at radius 3 is 2.64 bits per heavy atom. The molecule has 0 amide bonds. The van der Waals surface area contributed by atoms with Gasteiger partial charge in [0.05, 0.1) is 0 Å². The summed E-state index contributed by atoms with van der Waals surface area (Å²) >= 11 is 1.43. The first-order valence-electron chi connectivity index (χ1n) is 3.00. The van der Waals surface area contributed by atoms with E-state index in [-0.39, 0.29) is 5.96 Å². The van der Waals surface area contributed by atoms with Crippen molar-refractivity contribution in [3.05, 3.63) is 12.7 Å². The van der Waals surface area contributed by atoms with Gasteiger partial charge in [-0.05, 0) is 0 Å². The summed E-state index contributed by atoms with van der Waals surface area (Å²) in [7, 11) is 1.64. The van der Waals surface area contributed by atoms with Gasteiger partial charge in [0.2, 0.25) is 0 Å². The van der Waals surface area contributed by atoms with Crippen molar-refractivity contribution in [2.75, 3.05) is 12.8 Å². The van der Waals surface area contributed by atoms with E-state index >= 15 is 0 Å². The number of thioether (sulfide) groups is 1. The molecule has 11 heavy (non-hydrogen) atoms. The third-order valence-corrected chi connectivity index (χ3v) is 1.68. The first kappa shape index (κ1) is 10.0. The van der Waals surface area contributed by atoms with E-state index in [9.17, 15) is 0 Å². The van der Waals surface area contributed by atoms with Gasteiger partial charge < -0.3 is 11.5 Å². The van der Waals surface area contributed by atoms with Crippen molar-refractivity contribution in [2.24, 2.45) is 21.5 Å². The Morgan fingerprint density at radius 1 is 1.64 bits per heavy atom. The minimum Gasteiger partial charge on any atom is -0.370 e. The smallest absolute Gasteiger partial charge is 0.193 e. The molecule has 0 aromatic heterocycles. The third-order valence-electron chi connectivity index (χ3n) is 0.746. The average molecular weight is 172 g/mol. The van der Waals surface area contributed by atoms with Crippen LogP contribution in [-0.2, 0) is 0 Å². The van der Waals surface area contributed by atoms with Gasteiger partial charge >= 0.3 is 0 Å². The lowest BCUT2D eigenvalue weighted by Crippen LogP contribution is -2.23. The SMILES string of the molecule is C=CCSC(N=C(N)N)=NC. The molecule has 0 aromatic rings. The monoisotopic (exact) mass is 172 g/mol. The number of nitrogens with two attached hydrogens (primary N) is 2. The molecule has 0 saturated heterocycles. The summed E-state index contributed by atoms with van der Waals surface area (Å²) in [5.41, 5.74) is 10.3. The number of guanidine groups is 1. The Morgan fingerprint density at radius 2 is 2.27 bits per heavy atom. The van der Waals surface area contributed by atoms with Crippen LogP contribution in [0.25, 0.3) is 0 Å². The van der Waals surface area contributed by atoms with Crippen LogP contribution in [0.5, 0.6) is 0 Å². The number of hydrogen-bond donors (Lipinski definition) is 2. The molecule has 0 heterocycles. The number of nitrogens with zero attached hydrogens (tertiary/aromatic N) is 2. The van der Waals surface area contributed by atoms with Gasteiger partial charge in [-0.1, -0.05) is 17.8 Å². The van der Waals surface area contributed by atoms with E-state index in [0.29, 0.717) is 5.17 Å². The number of aliphatic imine (C=N–C) groups is 2. The molecule has 0 aliphatic carbocycles. The van der Waals surface area contributed by atoms with Gasteiger partial charge in [0.1, 0.15) is 0 Å². The van der Waals surface area contributed by atoms with E-state index in [1.165, 1.54) is 11.8 Å². The Bertz CT molecular complexity index is 181. The van der Waals surface area contributed by atoms with Crippen molar-refractivity contribution in [3.63, 3.8) is 0 Å². The molecule has 4 N–H and O–H groups in total. The molecular formula is C6H12N4S. The van der Waals surface area contributed by atoms with Crippen LogP contribution < -0.4 is 11.5 Å². The van der Waals surface area contributed by atoms with Crippen LogP contribution in [0.2, 0.25) is 0 Å². The van der Waals surface area contributed by atoms with Crippen molar-refractivity contribution in [1.29, 1.82) is 0 Å². The molecule has 0 atom stereocenters. The zero-order valence-corrected chi connectivity index (χ0v) is 7.27. The highest BCUT2D eigenvalue weighted by Gasteiger charge is 1.93. The molecule has 62 valence electrons. The molecule has 0 bridgehead atoms. The lowest BCUT2D eigenvalue weighted by molar-refractivity contribution is 1.41. The number of rotatable bonds is 2. The van der Waals surface area contributed by atoms with Crippen molar-refractivity contribution in [3.8, 4) is 0 Å². The van der Waals surface area contributed by atoms with Gasteiger partial charge in [-0.15, -0.1) is 6.58 Å². The summed E-state index contributed by atoms with van der Waals surface area (Å²) in [4.78, 5) is 7.62. The maximum Gasteiger partial charge on any atom is 0.193 e. The molecular weight excluding hydrogens is 160 g/mol. The van der Waals surface area contributed by atoms with Gasteiger partial charge in [0.25, 0.3) is 0 Å². The minimum atomic E-state index is 0.0298. The van der Waals surface area contributed by atoms with Crippen molar-refractivity contribution in [2.45, 2.75) is 0 Å². The van der Waals surface area contributed by atoms with Gasteiger partial charge in [-0.3, -0.25) is 4.99 Å². The lowest BCUT2D eigenvalue weighted by Gasteiger charge is -1.95. The fourth-order valence-corrected chi connectivity index (χ4v) is 0.957. The molecule has 0 unspecified atom stereocenters. The summed E-state index contributed by atoms with van der Waals surface area (Å²) in [6, 6.07) is 0. The summed E-state index contributed by atoms with van der Waals surface area (Å²) in [6.07, 6.45) is 1.76. The minimum absolute atomic E-state index is 0.0298. The molecule has 0 spiro atoms. The first-order chi connectivity index (χ1) is 5.20. The van der Waals surface area contributed by atoms with Gasteiger partial charge in [-0.25, -0.2) is 0 Å². The molecule has 0 aliphatic heterocycles. The van der Waals surface area contributed by atoms with Crippen molar-refractivity contribution in [1.82, 2.24) is 0 Å². The fraction of sp³-hybridized carbons (Fsp3) is 0.333. The average Bonchev–Trinajstić information content (AvgIpc) is 1.97. The second kappa shape index (κ2) is 5.79. The molecule has 0 rings (SSSR count). The van der Waals surface area contributed by atoms with Crippen LogP contribution in [0.15, 0.2) is 22.6 Å². The van der Waals surface area contributed by atoms with E-state index in [4.69, 9.17) is 11.5 Å². The molecule has 5 heteroatoms. The van der Waals surface area contributed by atoms with E-state index in [2.05, 4.69) is 16.6 Å². The van der Waals surface area contributed by atoms with Crippen molar-refractivity contribution < 1.29 is 0 Å². The second-order valence-electron chi connectivity index (χ2n) is 1.64. The molecule has 0 aromatic carbocycles. The topological polar surface area (TPSA) is 76.8 Å². The van der Waals surface area contributed by atoms with Crippen LogP contribution in [0.4, 0.5) is 0 Å². The zero-order valence-electron chi connectivity index (χ0n) is 6.45. The van der Waals surface area contributed by atoms with Crippen LogP contribution in [-0.4, -0.2) is 23.9 Å². The lowest BCUT2D eigenvalue weighted by atomic mass is 10.8. The molecule has 0 saturated carbocycles. The number of amidine groups is 1. The van der Waals surface area contributed by atoms with Gasteiger partial charge in [0, 0.05) is 12.8 Å². The molecule has 4 nitrogen and oxygen atoms in total. The standard InChI is InChI=1S/C6H12N4S/c1-3-4-11-6(9-2)10-5(7)8/h3H,1,4H2,2H3,(H4,7,8,9,10). The summed E-state index contributed by atoms with van der Waals surface area (Å²) in [6.45, 7) is 3.56. The van der Waals surface area contributed by atoms with Crippen molar-refractivity contribution >= 4 is 22.9 Å². The molecule has 0 radical (unpaired) electrons. The molecule has 0 aliphatic rings. The van der Waals surface area contributed by atoms with Crippen LogP contribution >= 0.6 is 11.8 Å². The highest BCUT2D eigenvalue weighted by Crippen LogP contribution is 2.04. The van der Waals surface area contributed by atoms with E-state index < -0.39 is 0 Å². The van der Waals surface area contributed by atoms with Gasteiger partial charge in [-0.2, -0.15) is 4.99 Å². The van der Waals surface area contributed by atoms with Gasteiger partial charge in [0.15, 0.2) is 11.1 Å². The molecule has 0 fully saturated rings. The van der Waals surface area contributed by atoms with Crippen LogP contribution in [0, 0.1) is 0 Å². The van der Waals surface area contributed by atoms with E-state index in [1.54, 1.807) is 13.1 Å².